The topological polar surface area (TPSA) is 82.5 Å². The van der Waals surface area contributed by atoms with Crippen molar-refractivity contribution in [2.45, 2.75) is 31.5 Å². The Hall–Kier alpha value is -2.29. The third-order valence-corrected chi connectivity index (χ3v) is 4.40. The zero-order valence-corrected chi connectivity index (χ0v) is 13.9. The van der Waals surface area contributed by atoms with Gasteiger partial charge < -0.3 is 5.73 Å². The van der Waals surface area contributed by atoms with Crippen LogP contribution in [-0.4, -0.2) is 30.7 Å². The van der Waals surface area contributed by atoms with Crippen molar-refractivity contribution in [3.63, 3.8) is 0 Å². The van der Waals surface area contributed by atoms with Crippen LogP contribution in [0.4, 0.5) is 14.6 Å². The van der Waals surface area contributed by atoms with Gasteiger partial charge >= 0.3 is 0 Å². The van der Waals surface area contributed by atoms with Crippen molar-refractivity contribution in [1.29, 1.82) is 0 Å². The van der Waals surface area contributed by atoms with Gasteiger partial charge in [-0.15, -0.1) is 5.10 Å². The number of nitrogen functional groups attached to an aromatic ring is 1. The van der Waals surface area contributed by atoms with Crippen molar-refractivity contribution in [2.75, 3.05) is 11.5 Å². The molecule has 0 radical (unpaired) electrons. The minimum Gasteiger partial charge on any atom is -0.382 e. The molecule has 6 nitrogen and oxygen atoms in total. The number of anilines is 1. The number of benzene rings is 1. The number of nitrogens with two attached hydrogens (primary N) is 1. The first-order valence-corrected chi connectivity index (χ1v) is 8.51. The zero-order chi connectivity index (χ0) is 17.1. The molecule has 0 unspecified atom stereocenters. The highest BCUT2D eigenvalue weighted by Crippen LogP contribution is 2.23. The molecule has 0 aliphatic rings. The first-order valence-electron chi connectivity index (χ1n) is 7.52. The summed E-state index contributed by atoms with van der Waals surface area (Å²) in [7, 11) is 0. The lowest BCUT2D eigenvalue weighted by Gasteiger charge is -2.06. The molecule has 2 heterocycles. The molecule has 126 valence electrons. The minimum atomic E-state index is -0.641. The number of unbranched alkanes of at least 4 members (excludes halogenated alkanes) is 1. The van der Waals surface area contributed by atoms with Gasteiger partial charge in [-0.25, -0.2) is 23.4 Å². The summed E-state index contributed by atoms with van der Waals surface area (Å²) in [5, 5.41) is 8.34. The SMILES string of the molecule is CCCCSc1nc(N)c2nnn(Cc3c(F)cccc3F)c2n1. The fourth-order valence-corrected chi connectivity index (χ4v) is 3.10. The van der Waals surface area contributed by atoms with Gasteiger partial charge in [0.05, 0.1) is 6.54 Å². The zero-order valence-electron chi connectivity index (χ0n) is 13.0. The molecule has 0 aliphatic heterocycles. The Bertz CT molecular complexity index is 846. The standard InChI is InChI=1S/C15H16F2N6S/c1-2-3-7-24-15-19-13(18)12-14(20-15)23(22-21-12)8-9-10(16)5-4-6-11(9)17/h4-6H,2-3,7-8H2,1H3,(H2,18,19,20). The van der Waals surface area contributed by atoms with Crippen LogP contribution in [0.15, 0.2) is 23.4 Å². The molecular weight excluding hydrogens is 334 g/mol. The maximum Gasteiger partial charge on any atom is 0.191 e. The van der Waals surface area contributed by atoms with E-state index in [0.717, 1.165) is 18.6 Å². The largest absolute Gasteiger partial charge is 0.382 e. The fraction of sp³-hybridized carbons (Fsp3) is 0.333. The van der Waals surface area contributed by atoms with Crippen LogP contribution in [0.3, 0.4) is 0 Å². The molecule has 0 aliphatic carbocycles. The molecule has 3 rings (SSSR count). The molecule has 0 saturated carbocycles. The van der Waals surface area contributed by atoms with Gasteiger partial charge in [-0.1, -0.05) is 36.4 Å². The maximum absolute atomic E-state index is 13.8. The van der Waals surface area contributed by atoms with Crippen molar-refractivity contribution in [1.82, 2.24) is 25.0 Å². The minimum absolute atomic E-state index is 0.0957. The molecule has 0 atom stereocenters. The van der Waals surface area contributed by atoms with E-state index < -0.39 is 11.6 Å². The van der Waals surface area contributed by atoms with Crippen LogP contribution in [0.1, 0.15) is 25.3 Å². The quantitative estimate of drug-likeness (QED) is 0.418. The molecule has 0 bridgehead atoms. The van der Waals surface area contributed by atoms with Crippen LogP contribution in [0.2, 0.25) is 0 Å². The Labute approximate surface area is 141 Å². The second-order valence-corrected chi connectivity index (χ2v) is 6.28. The summed E-state index contributed by atoms with van der Waals surface area (Å²) in [4.78, 5) is 8.58. The summed E-state index contributed by atoms with van der Waals surface area (Å²) < 4.78 is 29.0. The Kier molecular flexibility index (Phi) is 4.89. The van der Waals surface area contributed by atoms with Crippen molar-refractivity contribution in [2.24, 2.45) is 0 Å². The van der Waals surface area contributed by atoms with E-state index in [9.17, 15) is 8.78 Å². The Morgan fingerprint density at radius 3 is 2.67 bits per heavy atom. The summed E-state index contributed by atoms with van der Waals surface area (Å²) in [6.45, 7) is 1.98. The lowest BCUT2D eigenvalue weighted by atomic mass is 10.2. The molecule has 0 saturated heterocycles. The van der Waals surface area contributed by atoms with E-state index in [1.165, 1.54) is 34.6 Å². The number of fused-ring (bicyclic) bond motifs is 1. The number of nitrogens with zero attached hydrogens (tertiary/aromatic N) is 5. The highest BCUT2D eigenvalue weighted by atomic mass is 32.2. The van der Waals surface area contributed by atoms with Crippen LogP contribution in [-0.2, 0) is 6.54 Å². The molecule has 24 heavy (non-hydrogen) atoms. The normalized spacial score (nSPS) is 11.3. The van der Waals surface area contributed by atoms with Crippen molar-refractivity contribution in [3.05, 3.63) is 35.4 Å². The predicted molar refractivity (Wildman–Crippen MR) is 88.6 cm³/mol. The van der Waals surface area contributed by atoms with E-state index in [-0.39, 0.29) is 17.9 Å². The molecule has 2 aromatic heterocycles. The molecule has 9 heteroatoms. The molecule has 0 amide bonds. The van der Waals surface area contributed by atoms with E-state index in [4.69, 9.17) is 5.73 Å². The van der Waals surface area contributed by atoms with Crippen molar-refractivity contribution < 1.29 is 8.78 Å². The van der Waals surface area contributed by atoms with E-state index in [2.05, 4.69) is 27.2 Å². The fourth-order valence-electron chi connectivity index (χ4n) is 2.17. The summed E-state index contributed by atoms with van der Waals surface area (Å²) in [6, 6.07) is 3.72. The van der Waals surface area contributed by atoms with Gasteiger partial charge in [0.15, 0.2) is 22.1 Å². The molecule has 0 spiro atoms. The van der Waals surface area contributed by atoms with Crippen LogP contribution < -0.4 is 5.73 Å². The van der Waals surface area contributed by atoms with Crippen molar-refractivity contribution in [3.8, 4) is 0 Å². The van der Waals surface area contributed by atoms with E-state index in [1.807, 2.05) is 0 Å². The number of aromatic nitrogens is 5. The van der Waals surface area contributed by atoms with Crippen LogP contribution >= 0.6 is 11.8 Å². The highest BCUT2D eigenvalue weighted by Gasteiger charge is 2.16. The Morgan fingerprint density at radius 2 is 1.96 bits per heavy atom. The molecule has 2 N–H and O–H groups in total. The van der Waals surface area contributed by atoms with Gasteiger partial charge in [0, 0.05) is 11.3 Å². The van der Waals surface area contributed by atoms with Gasteiger partial charge in [-0.2, -0.15) is 0 Å². The number of thioether (sulfide) groups is 1. The number of hydrogen-bond acceptors (Lipinski definition) is 6. The molecule has 1 aromatic carbocycles. The number of rotatable bonds is 6. The van der Waals surface area contributed by atoms with Crippen LogP contribution in [0.5, 0.6) is 0 Å². The molecule has 3 aromatic rings. The second kappa shape index (κ2) is 7.08. The number of hydrogen-bond donors (Lipinski definition) is 1. The number of halogens is 2. The second-order valence-electron chi connectivity index (χ2n) is 5.21. The Morgan fingerprint density at radius 1 is 1.21 bits per heavy atom. The van der Waals surface area contributed by atoms with E-state index >= 15 is 0 Å². The van der Waals surface area contributed by atoms with Gasteiger partial charge in [0.2, 0.25) is 0 Å². The summed E-state index contributed by atoms with van der Waals surface area (Å²) in [5.41, 5.74) is 6.49. The van der Waals surface area contributed by atoms with Gasteiger partial charge in [-0.05, 0) is 18.6 Å². The molecular formula is C15H16F2N6S. The van der Waals surface area contributed by atoms with Gasteiger partial charge in [0.25, 0.3) is 0 Å². The Balaban J connectivity index is 1.96. The predicted octanol–water partition coefficient (Wildman–Crippen LogP) is 3.02. The maximum atomic E-state index is 13.8. The third-order valence-electron chi connectivity index (χ3n) is 3.47. The summed E-state index contributed by atoms with van der Waals surface area (Å²) >= 11 is 1.48. The van der Waals surface area contributed by atoms with Gasteiger partial charge in [0.1, 0.15) is 11.6 Å². The lowest BCUT2D eigenvalue weighted by Crippen LogP contribution is -2.08. The average molecular weight is 350 g/mol. The smallest absolute Gasteiger partial charge is 0.191 e. The van der Waals surface area contributed by atoms with Crippen molar-refractivity contribution >= 4 is 28.7 Å². The molecule has 0 fully saturated rings. The first kappa shape index (κ1) is 16.6. The highest BCUT2D eigenvalue weighted by molar-refractivity contribution is 7.99. The third kappa shape index (κ3) is 3.30. The summed E-state index contributed by atoms with van der Waals surface area (Å²) in [5.74, 6) is -0.207. The first-order chi connectivity index (χ1) is 11.6. The van der Waals surface area contributed by atoms with E-state index in [0.29, 0.717) is 16.3 Å². The monoisotopic (exact) mass is 350 g/mol. The van der Waals surface area contributed by atoms with Crippen LogP contribution in [0.25, 0.3) is 11.2 Å². The van der Waals surface area contributed by atoms with Crippen LogP contribution in [0, 0.1) is 11.6 Å². The average Bonchev–Trinajstić information content (AvgIpc) is 2.95. The van der Waals surface area contributed by atoms with Gasteiger partial charge in [-0.3, -0.25) is 0 Å². The van der Waals surface area contributed by atoms with E-state index in [1.54, 1.807) is 0 Å². The summed E-state index contributed by atoms with van der Waals surface area (Å²) in [6.07, 6.45) is 2.10. The lowest BCUT2D eigenvalue weighted by molar-refractivity contribution is 0.531.